The molecule has 4 aromatic rings. The lowest BCUT2D eigenvalue weighted by Gasteiger charge is -2.44. The van der Waals surface area contributed by atoms with Gasteiger partial charge in [-0.3, -0.25) is 14.5 Å². The minimum Gasteiger partial charge on any atom is -0.465 e. The van der Waals surface area contributed by atoms with Crippen LogP contribution < -0.4 is 15.4 Å². The first-order valence-corrected chi connectivity index (χ1v) is 19.8. The first kappa shape index (κ1) is 42.0. The molecule has 3 atom stereocenters. The number of halogens is 2. The largest absolute Gasteiger partial charge is 0.465 e. The van der Waals surface area contributed by atoms with Crippen molar-refractivity contribution in [1.82, 2.24) is 34.9 Å². The van der Waals surface area contributed by atoms with Gasteiger partial charge in [0.05, 0.1) is 36.6 Å². The number of carboxylic acid groups (broad SMARTS) is 1. The zero-order valence-corrected chi connectivity index (χ0v) is 34.7. The molecule has 0 aliphatic carbocycles. The van der Waals surface area contributed by atoms with Crippen LogP contribution in [0.2, 0.25) is 10.0 Å². The lowest BCUT2D eigenvalue weighted by atomic mass is 9.82. The van der Waals surface area contributed by atoms with Crippen molar-refractivity contribution in [2.75, 3.05) is 33.8 Å². The van der Waals surface area contributed by atoms with Crippen LogP contribution in [0, 0.1) is 0 Å². The predicted molar refractivity (Wildman–Crippen MR) is 219 cm³/mol. The minimum absolute atomic E-state index is 0.0111. The Labute approximate surface area is 343 Å². The molecule has 3 aromatic carbocycles. The van der Waals surface area contributed by atoms with Gasteiger partial charge in [0.25, 0.3) is 0 Å². The first-order chi connectivity index (χ1) is 27.0. The molecular formula is C42H51Cl2N7O6. The quantitative estimate of drug-likeness (QED) is 0.137. The Bertz CT molecular complexity index is 2070. The fraction of sp³-hybridized carbons (Fsp3) is 0.429. The molecule has 1 aromatic heterocycles. The van der Waals surface area contributed by atoms with Crippen LogP contribution in [-0.2, 0) is 40.9 Å². The average Bonchev–Trinajstić information content (AvgIpc) is 3.69. The number of hydrogen-bond acceptors (Lipinski definition) is 8. The summed E-state index contributed by atoms with van der Waals surface area (Å²) >= 11 is 12.5. The molecule has 15 heteroatoms. The van der Waals surface area contributed by atoms with Gasteiger partial charge < -0.3 is 39.6 Å². The number of likely N-dealkylation sites (tertiary alicyclic amines) is 1. The number of ether oxygens (including phenoxy) is 2. The van der Waals surface area contributed by atoms with Crippen molar-refractivity contribution in [3.63, 3.8) is 0 Å². The lowest BCUT2D eigenvalue weighted by molar-refractivity contribution is -0.152. The van der Waals surface area contributed by atoms with Gasteiger partial charge in [0, 0.05) is 47.9 Å². The number of rotatable bonds is 13. The van der Waals surface area contributed by atoms with Gasteiger partial charge in [-0.05, 0) is 108 Å². The van der Waals surface area contributed by atoms with Crippen molar-refractivity contribution in [3.8, 4) is 22.8 Å². The van der Waals surface area contributed by atoms with E-state index in [9.17, 15) is 19.5 Å². The van der Waals surface area contributed by atoms with Crippen LogP contribution in [0.1, 0.15) is 50.6 Å². The molecule has 2 aliphatic rings. The second-order valence-electron chi connectivity index (χ2n) is 15.7. The fourth-order valence-electron chi connectivity index (χ4n) is 7.63. The molecule has 3 heterocycles. The lowest BCUT2D eigenvalue weighted by Crippen LogP contribution is -2.65. The molecule has 13 nitrogen and oxygen atoms in total. The maximum atomic E-state index is 14.2. The molecule has 2 fully saturated rings. The summed E-state index contributed by atoms with van der Waals surface area (Å²) in [4.78, 5) is 50.0. The molecular weight excluding hydrogens is 769 g/mol. The van der Waals surface area contributed by atoms with E-state index >= 15 is 0 Å². The molecule has 2 saturated heterocycles. The third-order valence-corrected chi connectivity index (χ3v) is 11.1. The van der Waals surface area contributed by atoms with Crippen molar-refractivity contribution in [3.05, 3.63) is 99.9 Å². The first-order valence-electron chi connectivity index (χ1n) is 19.0. The van der Waals surface area contributed by atoms with Crippen LogP contribution in [0.3, 0.4) is 0 Å². The normalized spacial score (nSPS) is 19.8. The maximum Gasteiger partial charge on any atom is 0.407 e. The van der Waals surface area contributed by atoms with E-state index in [0.717, 1.165) is 34.8 Å². The van der Waals surface area contributed by atoms with Gasteiger partial charge in [0.1, 0.15) is 29.1 Å². The highest BCUT2D eigenvalue weighted by atomic mass is 35.5. The van der Waals surface area contributed by atoms with Crippen molar-refractivity contribution < 1.29 is 29.0 Å². The van der Waals surface area contributed by atoms with Gasteiger partial charge in [-0.15, -0.1) is 0 Å². The number of imidazole rings is 1. The Kier molecular flexibility index (Phi) is 12.8. The molecule has 0 bridgehead atoms. The van der Waals surface area contributed by atoms with E-state index < -0.39 is 35.3 Å². The van der Waals surface area contributed by atoms with Crippen molar-refractivity contribution in [2.24, 2.45) is 7.05 Å². The Morgan fingerprint density at radius 3 is 2.44 bits per heavy atom. The Morgan fingerprint density at radius 2 is 1.75 bits per heavy atom. The van der Waals surface area contributed by atoms with E-state index in [0.29, 0.717) is 47.4 Å². The van der Waals surface area contributed by atoms with E-state index in [2.05, 4.69) is 25.1 Å². The summed E-state index contributed by atoms with van der Waals surface area (Å²) in [5.74, 6) is 1.39. The summed E-state index contributed by atoms with van der Waals surface area (Å²) in [6.45, 7) is 6.73. The minimum atomic E-state index is -1.08. The van der Waals surface area contributed by atoms with Crippen molar-refractivity contribution >= 4 is 41.1 Å². The Balaban J connectivity index is 1.14. The summed E-state index contributed by atoms with van der Waals surface area (Å²) in [6.07, 6.45) is 2.34. The highest BCUT2D eigenvalue weighted by Gasteiger charge is 2.50. The van der Waals surface area contributed by atoms with Crippen molar-refractivity contribution in [1.29, 1.82) is 0 Å². The smallest absolute Gasteiger partial charge is 0.407 e. The number of hydrogen-bond donors (Lipinski definition) is 3. The molecule has 3 amide bonds. The summed E-state index contributed by atoms with van der Waals surface area (Å²) in [7, 11) is 6.02. The van der Waals surface area contributed by atoms with E-state index in [1.165, 1.54) is 9.80 Å². The highest BCUT2D eigenvalue weighted by molar-refractivity contribution is 6.31. The topological polar surface area (TPSA) is 141 Å². The zero-order chi connectivity index (χ0) is 41.1. The second kappa shape index (κ2) is 17.5. The summed E-state index contributed by atoms with van der Waals surface area (Å²) in [5.41, 5.74) is 1.70. The van der Waals surface area contributed by atoms with Crippen LogP contribution in [-0.4, -0.2) is 104 Å². The van der Waals surface area contributed by atoms with Gasteiger partial charge in [0.15, 0.2) is 0 Å². The number of nitrogens with one attached hydrogen (secondary N) is 2. The van der Waals surface area contributed by atoms with Crippen LogP contribution in [0.5, 0.6) is 11.5 Å². The van der Waals surface area contributed by atoms with Crippen LogP contribution in [0.25, 0.3) is 11.3 Å². The average molecular weight is 821 g/mol. The zero-order valence-electron chi connectivity index (χ0n) is 33.2. The number of benzene rings is 3. The molecule has 0 saturated carbocycles. The van der Waals surface area contributed by atoms with Gasteiger partial charge in [0.2, 0.25) is 11.8 Å². The third kappa shape index (κ3) is 9.90. The number of amides is 3. The molecule has 0 radical (unpaired) electrons. The standard InChI is InChI=1S/C42H51Cl2N7O6/c1-27(45-22-30-10-15-32(44)20-36(30)57-33-16-11-29(12-17-33)34-23-46-37(49(34)6)24-48(4)5)39(53)51-35(25-56-41(51,2)3)38(52)47-42(18-7-19-50(26-42)40(54)55)21-28-8-13-31(43)14-9-28/h8-17,20,23,27,35,45H,7,18-19,21-22,24-26H2,1-6H3,(H,47,52)(H,54,55)/t27?,35-,42?/m0/s1. The molecule has 3 N–H and O–H groups in total. The molecule has 2 unspecified atom stereocenters. The van der Waals surface area contributed by atoms with Gasteiger partial charge >= 0.3 is 6.09 Å². The van der Waals surface area contributed by atoms with Crippen LogP contribution in [0.4, 0.5) is 4.79 Å². The Morgan fingerprint density at radius 1 is 1.05 bits per heavy atom. The van der Waals surface area contributed by atoms with E-state index in [-0.39, 0.29) is 25.6 Å². The van der Waals surface area contributed by atoms with Crippen molar-refractivity contribution in [2.45, 2.75) is 76.5 Å². The molecule has 0 spiro atoms. The predicted octanol–water partition coefficient (Wildman–Crippen LogP) is 6.56. The van der Waals surface area contributed by atoms with E-state index in [1.54, 1.807) is 45.0 Å². The Hall–Kier alpha value is -4.66. The number of piperidine rings is 1. The fourth-order valence-corrected chi connectivity index (χ4v) is 7.92. The van der Waals surface area contributed by atoms with Gasteiger partial charge in [-0.2, -0.15) is 0 Å². The van der Waals surface area contributed by atoms with Gasteiger partial charge in [-0.25, -0.2) is 9.78 Å². The van der Waals surface area contributed by atoms with Crippen LogP contribution in [0.15, 0.2) is 72.9 Å². The van der Waals surface area contributed by atoms with E-state index in [1.807, 2.05) is 69.8 Å². The van der Waals surface area contributed by atoms with Gasteiger partial charge in [-0.1, -0.05) is 41.4 Å². The maximum absolute atomic E-state index is 14.2. The molecule has 57 heavy (non-hydrogen) atoms. The summed E-state index contributed by atoms with van der Waals surface area (Å²) in [5, 5.41) is 17.5. The second-order valence-corrected chi connectivity index (χ2v) is 16.6. The summed E-state index contributed by atoms with van der Waals surface area (Å²) < 4.78 is 14.5. The molecule has 6 rings (SSSR count). The highest BCUT2D eigenvalue weighted by Crippen LogP contribution is 2.33. The van der Waals surface area contributed by atoms with E-state index in [4.69, 9.17) is 32.7 Å². The number of aromatic nitrogens is 2. The molecule has 304 valence electrons. The third-order valence-electron chi connectivity index (χ3n) is 10.6. The SMILES string of the molecule is CC(NCc1ccc(Cl)cc1Oc1ccc(-c2cnc(CN(C)C)n2C)cc1)C(=O)N1[C@H](C(=O)NC2(Cc3ccc(Cl)cc3)CCCN(C(=O)O)C2)COC1(C)C. The van der Waals surface area contributed by atoms with Crippen LogP contribution >= 0.6 is 23.2 Å². The number of carbonyl (C=O) groups is 3. The molecule has 2 aliphatic heterocycles. The number of carbonyl (C=O) groups excluding carboxylic acids is 2. The monoisotopic (exact) mass is 819 g/mol. The number of nitrogens with zero attached hydrogens (tertiary/aromatic N) is 5. The summed E-state index contributed by atoms with van der Waals surface area (Å²) in [6, 6.07) is 18.7.